The van der Waals surface area contributed by atoms with Crippen LogP contribution in [-0.2, 0) is 17.8 Å². The van der Waals surface area contributed by atoms with Crippen molar-refractivity contribution in [2.75, 3.05) is 6.54 Å². The van der Waals surface area contributed by atoms with Gasteiger partial charge in [0.2, 0.25) is 5.91 Å². The Labute approximate surface area is 169 Å². The Morgan fingerprint density at radius 3 is 2.89 bits per heavy atom. The van der Waals surface area contributed by atoms with Gasteiger partial charge in [-0.2, -0.15) is 0 Å². The monoisotopic (exact) mass is 390 g/mol. The number of hydrogen-bond donors (Lipinski definition) is 0. The number of carbonyl (C=O) groups is 1. The first-order valence-corrected chi connectivity index (χ1v) is 10.3. The summed E-state index contributed by atoms with van der Waals surface area (Å²) in [5.74, 6) is 0.837. The Morgan fingerprint density at radius 2 is 2.11 bits per heavy atom. The molecule has 1 atom stereocenters. The van der Waals surface area contributed by atoms with Gasteiger partial charge in [-0.3, -0.25) is 9.78 Å². The van der Waals surface area contributed by atoms with Gasteiger partial charge in [0.05, 0.1) is 11.7 Å². The van der Waals surface area contributed by atoms with Crippen molar-refractivity contribution in [3.63, 3.8) is 0 Å². The van der Waals surface area contributed by atoms with Gasteiger partial charge >= 0.3 is 0 Å². The molecule has 1 aliphatic heterocycles. The molecule has 1 unspecified atom stereocenters. The maximum Gasteiger partial charge on any atom is 0.247 e. The number of hydrogen-bond acceptors (Lipinski definition) is 4. The van der Waals surface area contributed by atoms with E-state index in [1.54, 1.807) is 23.6 Å². The average molecular weight is 391 g/mol. The molecule has 4 nitrogen and oxygen atoms in total. The minimum atomic E-state index is 0.0554. The fraction of sp³-hybridized carbons (Fsp3) is 0.217. The molecule has 1 aliphatic rings. The maximum absolute atomic E-state index is 12.7. The summed E-state index contributed by atoms with van der Waals surface area (Å²) < 4.78 is 5.75. The summed E-state index contributed by atoms with van der Waals surface area (Å²) in [6.07, 6.45) is 6.23. The van der Waals surface area contributed by atoms with Crippen LogP contribution >= 0.6 is 11.3 Å². The van der Waals surface area contributed by atoms with Gasteiger partial charge in [0.15, 0.2) is 0 Å². The van der Waals surface area contributed by atoms with Crippen LogP contribution in [0.5, 0.6) is 5.75 Å². The molecule has 0 aliphatic carbocycles. The molecular formula is C23H22N2O2S. The van der Waals surface area contributed by atoms with Crippen LogP contribution in [0.15, 0.2) is 66.2 Å². The highest BCUT2D eigenvalue weighted by Gasteiger charge is 2.26. The number of carbonyl (C=O) groups excluding carboxylic acids is 1. The van der Waals surface area contributed by atoms with Gasteiger partial charge in [-0.1, -0.05) is 18.2 Å². The van der Waals surface area contributed by atoms with Gasteiger partial charge in [0.1, 0.15) is 12.4 Å². The van der Waals surface area contributed by atoms with Crippen LogP contribution in [0.3, 0.4) is 0 Å². The molecule has 1 aromatic carbocycles. The maximum atomic E-state index is 12.7. The minimum Gasteiger partial charge on any atom is -0.487 e. The van der Waals surface area contributed by atoms with Crippen LogP contribution in [0.1, 0.15) is 34.7 Å². The molecule has 0 N–H and O–H groups in total. The van der Waals surface area contributed by atoms with E-state index in [1.165, 1.54) is 10.4 Å². The van der Waals surface area contributed by atoms with Crippen molar-refractivity contribution in [2.45, 2.75) is 26.0 Å². The van der Waals surface area contributed by atoms with Gasteiger partial charge in [-0.05, 0) is 66.3 Å². The lowest BCUT2D eigenvalue weighted by Gasteiger charge is -2.32. The molecule has 0 fully saturated rings. The van der Waals surface area contributed by atoms with Crippen LogP contribution in [-0.4, -0.2) is 22.3 Å². The smallest absolute Gasteiger partial charge is 0.247 e. The largest absolute Gasteiger partial charge is 0.487 e. The Morgan fingerprint density at radius 1 is 1.25 bits per heavy atom. The van der Waals surface area contributed by atoms with Gasteiger partial charge in [-0.15, -0.1) is 11.3 Å². The fourth-order valence-corrected chi connectivity index (χ4v) is 4.35. The molecule has 0 saturated heterocycles. The number of pyridine rings is 1. The molecule has 0 bridgehead atoms. The van der Waals surface area contributed by atoms with Crippen molar-refractivity contribution in [3.05, 3.63) is 87.9 Å². The van der Waals surface area contributed by atoms with E-state index in [4.69, 9.17) is 4.74 Å². The van der Waals surface area contributed by atoms with Gasteiger partial charge < -0.3 is 9.64 Å². The highest BCUT2D eigenvalue weighted by atomic mass is 32.1. The summed E-state index contributed by atoms with van der Waals surface area (Å²) in [7, 11) is 0. The summed E-state index contributed by atoms with van der Waals surface area (Å²) in [6.45, 7) is 3.31. The molecule has 4 rings (SSSR count). The number of benzene rings is 1. The molecule has 142 valence electrons. The van der Waals surface area contributed by atoms with E-state index in [0.717, 1.165) is 30.0 Å². The number of thiophene rings is 1. The first-order valence-electron chi connectivity index (χ1n) is 9.38. The molecule has 3 aromatic rings. The van der Waals surface area contributed by atoms with Crippen molar-refractivity contribution in [1.82, 2.24) is 9.88 Å². The Kier molecular flexibility index (Phi) is 5.53. The van der Waals surface area contributed by atoms with E-state index in [-0.39, 0.29) is 11.9 Å². The normalized spacial score (nSPS) is 16.2. The SMILES string of the molecule is CC1c2ccsc2CCN1C(=O)/C=C/c1ccc(OCc2ccccn2)cc1. The lowest BCUT2D eigenvalue weighted by molar-refractivity contribution is -0.128. The first-order chi connectivity index (χ1) is 13.7. The summed E-state index contributed by atoms with van der Waals surface area (Å²) in [4.78, 5) is 20.2. The Bertz CT molecular complexity index is 964. The van der Waals surface area contributed by atoms with E-state index in [2.05, 4.69) is 23.4 Å². The lowest BCUT2D eigenvalue weighted by Crippen LogP contribution is -2.37. The molecule has 0 saturated carbocycles. The number of amides is 1. The second kappa shape index (κ2) is 8.40. The zero-order chi connectivity index (χ0) is 19.3. The Hall–Kier alpha value is -2.92. The van der Waals surface area contributed by atoms with Crippen molar-refractivity contribution < 1.29 is 9.53 Å². The van der Waals surface area contributed by atoms with Crippen molar-refractivity contribution in [2.24, 2.45) is 0 Å². The molecule has 28 heavy (non-hydrogen) atoms. The minimum absolute atomic E-state index is 0.0554. The molecule has 2 aromatic heterocycles. The molecule has 0 spiro atoms. The average Bonchev–Trinajstić information content (AvgIpc) is 3.22. The molecule has 5 heteroatoms. The number of rotatable bonds is 5. The quantitative estimate of drug-likeness (QED) is 0.583. The van der Waals surface area contributed by atoms with Crippen LogP contribution in [0, 0.1) is 0 Å². The van der Waals surface area contributed by atoms with E-state index in [0.29, 0.717) is 6.61 Å². The summed E-state index contributed by atoms with van der Waals surface area (Å²) >= 11 is 1.79. The van der Waals surface area contributed by atoms with Crippen molar-refractivity contribution in [3.8, 4) is 5.75 Å². The van der Waals surface area contributed by atoms with Gasteiger partial charge in [-0.25, -0.2) is 0 Å². The predicted octanol–water partition coefficient (Wildman–Crippen LogP) is 4.88. The standard InChI is InChI=1S/C23H22N2O2S/c1-17-21-12-15-28-22(21)11-14-25(17)23(26)10-7-18-5-8-20(9-6-18)27-16-19-4-2-3-13-24-19/h2-10,12-13,15,17H,11,14,16H2,1H3/b10-7+. The summed E-state index contributed by atoms with van der Waals surface area (Å²) in [5, 5.41) is 2.11. The zero-order valence-corrected chi connectivity index (χ0v) is 16.6. The van der Waals surface area contributed by atoms with E-state index in [1.807, 2.05) is 53.4 Å². The molecule has 3 heterocycles. The highest BCUT2D eigenvalue weighted by molar-refractivity contribution is 7.10. The summed E-state index contributed by atoms with van der Waals surface area (Å²) in [6, 6.07) is 15.8. The van der Waals surface area contributed by atoms with Crippen molar-refractivity contribution >= 4 is 23.3 Å². The van der Waals surface area contributed by atoms with E-state index < -0.39 is 0 Å². The number of ether oxygens (including phenoxy) is 1. The second-order valence-electron chi connectivity index (χ2n) is 6.77. The topological polar surface area (TPSA) is 42.4 Å². The zero-order valence-electron chi connectivity index (χ0n) is 15.7. The fourth-order valence-electron chi connectivity index (χ4n) is 3.39. The lowest BCUT2D eigenvalue weighted by atomic mass is 10.0. The Balaban J connectivity index is 1.35. The van der Waals surface area contributed by atoms with Crippen molar-refractivity contribution in [1.29, 1.82) is 0 Å². The molecular weight excluding hydrogens is 368 g/mol. The number of nitrogens with zero attached hydrogens (tertiary/aromatic N) is 2. The third-order valence-electron chi connectivity index (χ3n) is 4.97. The van der Waals surface area contributed by atoms with Gasteiger partial charge in [0, 0.05) is 23.7 Å². The van der Waals surface area contributed by atoms with E-state index in [9.17, 15) is 4.79 Å². The third-order valence-corrected chi connectivity index (χ3v) is 5.97. The van der Waals surface area contributed by atoms with Crippen LogP contribution in [0.4, 0.5) is 0 Å². The van der Waals surface area contributed by atoms with Crippen LogP contribution in [0.25, 0.3) is 6.08 Å². The van der Waals surface area contributed by atoms with Gasteiger partial charge in [0.25, 0.3) is 0 Å². The second-order valence-corrected chi connectivity index (χ2v) is 7.77. The molecule has 1 amide bonds. The van der Waals surface area contributed by atoms with E-state index >= 15 is 0 Å². The number of aromatic nitrogens is 1. The van der Waals surface area contributed by atoms with Crippen LogP contribution < -0.4 is 4.74 Å². The first kappa shape index (κ1) is 18.4. The third kappa shape index (κ3) is 4.15. The summed E-state index contributed by atoms with van der Waals surface area (Å²) in [5.41, 5.74) is 3.15. The number of fused-ring (bicyclic) bond motifs is 1. The van der Waals surface area contributed by atoms with Crippen LogP contribution in [0.2, 0.25) is 0 Å². The highest BCUT2D eigenvalue weighted by Crippen LogP contribution is 2.32. The molecule has 0 radical (unpaired) electrons. The predicted molar refractivity (Wildman–Crippen MR) is 112 cm³/mol.